The number of benzene rings is 1. The van der Waals surface area contributed by atoms with Crippen LogP contribution in [0.3, 0.4) is 0 Å². The van der Waals surface area contributed by atoms with Crippen molar-refractivity contribution in [2.75, 3.05) is 24.7 Å². The largest absolute Gasteiger partial charge is 0.494 e. The molecule has 2 N–H and O–H groups in total. The smallest absolute Gasteiger partial charge is 0.119 e. The molecule has 0 radical (unpaired) electrons. The van der Waals surface area contributed by atoms with Gasteiger partial charge in [0.25, 0.3) is 0 Å². The van der Waals surface area contributed by atoms with E-state index in [1.165, 1.54) is 0 Å². The second-order valence-corrected chi connectivity index (χ2v) is 5.79. The van der Waals surface area contributed by atoms with E-state index in [2.05, 4.69) is 0 Å². The van der Waals surface area contributed by atoms with Crippen LogP contribution in [0.25, 0.3) is 0 Å². The Bertz CT molecular complexity index is 329. The summed E-state index contributed by atoms with van der Waals surface area (Å²) in [7, 11) is -0.768. The lowest BCUT2D eigenvalue weighted by atomic mass is 10.2. The lowest BCUT2D eigenvalue weighted by Gasteiger charge is -2.08. The van der Waals surface area contributed by atoms with Crippen molar-refractivity contribution in [2.45, 2.75) is 13.3 Å². The number of rotatable bonds is 8. The van der Waals surface area contributed by atoms with Gasteiger partial charge in [-0.1, -0.05) is 25.1 Å². The SMILES string of the molecule is CC(CN)CS(=O)CCCOc1ccccc1. The zero-order valence-corrected chi connectivity index (χ0v) is 11.1. The average molecular weight is 255 g/mol. The summed E-state index contributed by atoms with van der Waals surface area (Å²) in [4.78, 5) is 0. The molecule has 3 nitrogen and oxygen atoms in total. The predicted octanol–water partition coefficient (Wildman–Crippen LogP) is 1.80. The topological polar surface area (TPSA) is 52.3 Å². The summed E-state index contributed by atoms with van der Waals surface area (Å²) in [6.07, 6.45) is 0.818. The first-order valence-corrected chi connectivity index (χ1v) is 7.44. The summed E-state index contributed by atoms with van der Waals surface area (Å²) in [6, 6.07) is 9.68. The molecule has 0 heterocycles. The number of hydrogen-bond acceptors (Lipinski definition) is 3. The molecule has 96 valence electrons. The molecule has 0 saturated heterocycles. The van der Waals surface area contributed by atoms with Crippen LogP contribution in [0.15, 0.2) is 30.3 Å². The van der Waals surface area contributed by atoms with Gasteiger partial charge in [-0.25, -0.2) is 0 Å². The molecule has 0 bridgehead atoms. The van der Waals surface area contributed by atoms with Gasteiger partial charge in [-0.2, -0.15) is 0 Å². The van der Waals surface area contributed by atoms with E-state index in [1.54, 1.807) is 0 Å². The summed E-state index contributed by atoms with van der Waals surface area (Å²) in [5.74, 6) is 2.60. The molecule has 0 aliphatic carbocycles. The van der Waals surface area contributed by atoms with Crippen LogP contribution in [0, 0.1) is 5.92 Å². The third kappa shape index (κ3) is 6.44. The Morgan fingerprint density at radius 3 is 2.71 bits per heavy atom. The quantitative estimate of drug-likeness (QED) is 0.721. The first-order valence-electron chi connectivity index (χ1n) is 5.95. The summed E-state index contributed by atoms with van der Waals surface area (Å²) < 4.78 is 17.2. The van der Waals surface area contributed by atoms with E-state index in [4.69, 9.17) is 10.5 Å². The highest BCUT2D eigenvalue weighted by Gasteiger charge is 2.05. The molecule has 0 aliphatic heterocycles. The fourth-order valence-corrected chi connectivity index (χ4v) is 2.77. The Balaban J connectivity index is 2.10. The van der Waals surface area contributed by atoms with Gasteiger partial charge in [0.15, 0.2) is 0 Å². The fourth-order valence-electron chi connectivity index (χ4n) is 1.40. The number of hydrogen-bond donors (Lipinski definition) is 1. The van der Waals surface area contributed by atoms with Gasteiger partial charge in [-0.05, 0) is 31.0 Å². The Hall–Kier alpha value is -0.870. The van der Waals surface area contributed by atoms with Crippen LogP contribution in [0.1, 0.15) is 13.3 Å². The van der Waals surface area contributed by atoms with Gasteiger partial charge in [0, 0.05) is 22.3 Å². The molecule has 4 heteroatoms. The Morgan fingerprint density at radius 2 is 2.06 bits per heavy atom. The first-order chi connectivity index (χ1) is 8.22. The number of para-hydroxylation sites is 1. The van der Waals surface area contributed by atoms with E-state index in [0.29, 0.717) is 30.6 Å². The summed E-state index contributed by atoms with van der Waals surface area (Å²) in [5, 5.41) is 0. The van der Waals surface area contributed by atoms with Gasteiger partial charge in [0.05, 0.1) is 6.61 Å². The van der Waals surface area contributed by atoms with Crippen LogP contribution in [-0.2, 0) is 10.8 Å². The van der Waals surface area contributed by atoms with Crippen molar-refractivity contribution < 1.29 is 8.95 Å². The van der Waals surface area contributed by atoms with Crippen LogP contribution in [0.4, 0.5) is 0 Å². The standard InChI is InChI=1S/C13H21NO2S/c1-12(10-14)11-17(15)9-5-8-16-13-6-3-2-4-7-13/h2-4,6-7,12H,5,8-11,14H2,1H3. The van der Waals surface area contributed by atoms with Crippen molar-refractivity contribution in [3.63, 3.8) is 0 Å². The second kappa shape index (κ2) is 8.25. The normalized spacial score (nSPS) is 14.2. The minimum Gasteiger partial charge on any atom is -0.494 e. The van der Waals surface area contributed by atoms with Crippen molar-refractivity contribution in [3.8, 4) is 5.75 Å². The van der Waals surface area contributed by atoms with Gasteiger partial charge >= 0.3 is 0 Å². The van der Waals surface area contributed by atoms with Gasteiger partial charge < -0.3 is 10.5 Å². The maximum absolute atomic E-state index is 11.6. The van der Waals surface area contributed by atoms with Gasteiger partial charge in [-0.3, -0.25) is 4.21 Å². The Labute approximate surface area is 106 Å². The van der Waals surface area contributed by atoms with Crippen molar-refractivity contribution in [1.29, 1.82) is 0 Å². The third-order valence-corrected chi connectivity index (χ3v) is 4.09. The van der Waals surface area contributed by atoms with Crippen LogP contribution >= 0.6 is 0 Å². The third-order valence-electron chi connectivity index (χ3n) is 2.40. The van der Waals surface area contributed by atoms with Crippen molar-refractivity contribution in [3.05, 3.63) is 30.3 Å². The van der Waals surface area contributed by atoms with Crippen LogP contribution in [0.5, 0.6) is 5.75 Å². The zero-order valence-electron chi connectivity index (χ0n) is 10.3. The molecule has 0 aromatic heterocycles. The highest BCUT2D eigenvalue weighted by Crippen LogP contribution is 2.08. The number of ether oxygens (including phenoxy) is 1. The van der Waals surface area contributed by atoms with Crippen LogP contribution in [-0.4, -0.2) is 28.9 Å². The Kier molecular flexibility index (Phi) is 6.89. The molecule has 0 aliphatic rings. The zero-order chi connectivity index (χ0) is 12.5. The van der Waals surface area contributed by atoms with E-state index < -0.39 is 10.8 Å². The molecular weight excluding hydrogens is 234 g/mol. The molecule has 1 rings (SSSR count). The highest BCUT2D eigenvalue weighted by molar-refractivity contribution is 7.84. The predicted molar refractivity (Wildman–Crippen MR) is 72.6 cm³/mol. The van der Waals surface area contributed by atoms with Crippen molar-refractivity contribution in [1.82, 2.24) is 0 Å². The van der Waals surface area contributed by atoms with Crippen molar-refractivity contribution in [2.24, 2.45) is 11.7 Å². The van der Waals surface area contributed by atoms with E-state index >= 15 is 0 Å². The molecule has 17 heavy (non-hydrogen) atoms. The summed E-state index contributed by atoms with van der Waals surface area (Å²) in [5.41, 5.74) is 5.49. The Morgan fingerprint density at radius 1 is 1.35 bits per heavy atom. The summed E-state index contributed by atoms with van der Waals surface area (Å²) >= 11 is 0. The van der Waals surface area contributed by atoms with Crippen LogP contribution in [0.2, 0.25) is 0 Å². The molecule has 2 unspecified atom stereocenters. The van der Waals surface area contributed by atoms with Crippen molar-refractivity contribution >= 4 is 10.8 Å². The van der Waals surface area contributed by atoms with E-state index in [-0.39, 0.29) is 0 Å². The van der Waals surface area contributed by atoms with E-state index in [1.807, 2.05) is 37.3 Å². The van der Waals surface area contributed by atoms with Gasteiger partial charge in [-0.15, -0.1) is 0 Å². The van der Waals surface area contributed by atoms with Gasteiger partial charge in [0.1, 0.15) is 5.75 Å². The summed E-state index contributed by atoms with van der Waals surface area (Å²) in [6.45, 7) is 3.25. The number of nitrogens with two attached hydrogens (primary N) is 1. The molecule has 0 saturated carbocycles. The van der Waals surface area contributed by atoms with Crippen LogP contribution < -0.4 is 10.5 Å². The lowest BCUT2D eigenvalue weighted by molar-refractivity contribution is 0.318. The molecule has 0 spiro atoms. The molecule has 1 aromatic rings. The monoisotopic (exact) mass is 255 g/mol. The highest BCUT2D eigenvalue weighted by atomic mass is 32.2. The average Bonchev–Trinajstić information content (AvgIpc) is 2.36. The van der Waals surface area contributed by atoms with E-state index in [0.717, 1.165) is 12.2 Å². The fraction of sp³-hybridized carbons (Fsp3) is 0.538. The molecule has 1 aromatic carbocycles. The maximum atomic E-state index is 11.6. The lowest BCUT2D eigenvalue weighted by Crippen LogP contribution is -2.19. The molecule has 2 atom stereocenters. The molecule has 0 fully saturated rings. The second-order valence-electron chi connectivity index (χ2n) is 4.17. The van der Waals surface area contributed by atoms with Gasteiger partial charge in [0.2, 0.25) is 0 Å². The maximum Gasteiger partial charge on any atom is 0.119 e. The minimum atomic E-state index is -0.768. The molecule has 0 amide bonds. The molecular formula is C13H21NO2S. The first kappa shape index (κ1) is 14.2. The van der Waals surface area contributed by atoms with E-state index in [9.17, 15) is 4.21 Å². The minimum absolute atomic E-state index is 0.339.